The zero-order chi connectivity index (χ0) is 16.1. The number of hydrogen-bond acceptors (Lipinski definition) is 5. The first-order chi connectivity index (χ1) is 10.6. The lowest BCUT2D eigenvalue weighted by molar-refractivity contribution is -0.385. The molecule has 8 heteroatoms. The van der Waals surface area contributed by atoms with Crippen molar-refractivity contribution >= 4 is 35.8 Å². The highest BCUT2D eigenvalue weighted by Gasteiger charge is 2.28. The smallest absolute Gasteiger partial charge is 0.282 e. The van der Waals surface area contributed by atoms with Crippen molar-refractivity contribution in [1.29, 1.82) is 0 Å². The molecule has 1 aromatic rings. The molecule has 1 amide bonds. The van der Waals surface area contributed by atoms with Crippen LogP contribution in [0.15, 0.2) is 23.1 Å². The number of carbonyl (C=O) groups excluding carboxylic acids is 1. The molecule has 0 unspecified atom stereocenters. The maximum absolute atomic E-state index is 12.7. The SMILES string of the molecule is CNCC1CCN(C(=O)c2cc(SC)ccc2[N+](=O)[O-])CC1.Cl. The lowest BCUT2D eigenvalue weighted by Crippen LogP contribution is -2.40. The number of benzene rings is 1. The van der Waals surface area contributed by atoms with Crippen molar-refractivity contribution in [2.45, 2.75) is 17.7 Å². The third-order valence-corrected chi connectivity index (χ3v) is 4.75. The molecule has 128 valence electrons. The average molecular weight is 360 g/mol. The van der Waals surface area contributed by atoms with Crippen molar-refractivity contribution < 1.29 is 9.72 Å². The van der Waals surface area contributed by atoms with Gasteiger partial charge >= 0.3 is 0 Å². The van der Waals surface area contributed by atoms with Crippen LogP contribution in [0.4, 0.5) is 5.69 Å². The summed E-state index contributed by atoms with van der Waals surface area (Å²) in [6.07, 6.45) is 3.75. The number of nitro groups is 1. The molecule has 0 bridgehead atoms. The van der Waals surface area contributed by atoms with E-state index in [0.717, 1.165) is 24.3 Å². The van der Waals surface area contributed by atoms with Crippen LogP contribution in [0.2, 0.25) is 0 Å². The Morgan fingerprint density at radius 1 is 1.43 bits per heavy atom. The van der Waals surface area contributed by atoms with E-state index in [9.17, 15) is 14.9 Å². The van der Waals surface area contributed by atoms with E-state index >= 15 is 0 Å². The third kappa shape index (κ3) is 4.83. The molecule has 1 heterocycles. The van der Waals surface area contributed by atoms with Crippen LogP contribution >= 0.6 is 24.2 Å². The molecule has 6 nitrogen and oxygen atoms in total. The molecule has 0 aromatic heterocycles. The van der Waals surface area contributed by atoms with Gasteiger partial charge in [-0.3, -0.25) is 14.9 Å². The standard InChI is InChI=1S/C15H21N3O3S.ClH/c1-16-10-11-5-7-17(8-6-11)15(19)13-9-12(22-2)3-4-14(13)18(20)21;/h3-4,9,11,16H,5-8,10H2,1-2H3;1H. The van der Waals surface area contributed by atoms with E-state index in [0.29, 0.717) is 19.0 Å². The van der Waals surface area contributed by atoms with Crippen LogP contribution in [-0.2, 0) is 0 Å². The summed E-state index contributed by atoms with van der Waals surface area (Å²) in [6.45, 7) is 2.27. The van der Waals surface area contributed by atoms with Crippen molar-refractivity contribution in [3.63, 3.8) is 0 Å². The Bertz CT molecular complexity index is 563. The number of carbonyl (C=O) groups is 1. The van der Waals surface area contributed by atoms with Crippen LogP contribution in [0.1, 0.15) is 23.2 Å². The van der Waals surface area contributed by atoms with Gasteiger partial charge in [0.15, 0.2) is 0 Å². The predicted octanol–water partition coefficient (Wildman–Crippen LogP) is 2.81. The summed E-state index contributed by atoms with van der Waals surface area (Å²) in [5.74, 6) is 0.340. The number of rotatable bonds is 5. The maximum atomic E-state index is 12.7. The largest absolute Gasteiger partial charge is 0.338 e. The fourth-order valence-electron chi connectivity index (χ4n) is 2.77. The molecule has 0 saturated carbocycles. The second-order valence-electron chi connectivity index (χ2n) is 5.43. The number of piperidine rings is 1. The van der Waals surface area contributed by atoms with Crippen molar-refractivity contribution in [1.82, 2.24) is 10.2 Å². The fourth-order valence-corrected chi connectivity index (χ4v) is 3.21. The van der Waals surface area contributed by atoms with E-state index in [4.69, 9.17) is 0 Å². The van der Waals surface area contributed by atoms with Crippen LogP contribution < -0.4 is 5.32 Å². The quantitative estimate of drug-likeness (QED) is 0.497. The zero-order valence-electron chi connectivity index (χ0n) is 13.3. The minimum Gasteiger partial charge on any atom is -0.338 e. The highest BCUT2D eigenvalue weighted by molar-refractivity contribution is 7.98. The van der Waals surface area contributed by atoms with Gasteiger partial charge in [0.25, 0.3) is 11.6 Å². The highest BCUT2D eigenvalue weighted by Crippen LogP contribution is 2.27. The molecule has 0 radical (unpaired) electrons. The van der Waals surface area contributed by atoms with Gasteiger partial charge in [-0.2, -0.15) is 0 Å². The Morgan fingerprint density at radius 3 is 2.61 bits per heavy atom. The van der Waals surface area contributed by atoms with Crippen LogP contribution in [0.25, 0.3) is 0 Å². The summed E-state index contributed by atoms with van der Waals surface area (Å²) in [5.41, 5.74) is 0.0871. The Kier molecular flexibility index (Phi) is 7.81. The molecular weight excluding hydrogens is 338 g/mol. The third-order valence-electron chi connectivity index (χ3n) is 4.03. The average Bonchev–Trinajstić information content (AvgIpc) is 2.54. The van der Waals surface area contributed by atoms with Crippen LogP contribution in [0.3, 0.4) is 0 Å². The molecular formula is C15H22ClN3O3S. The molecule has 0 aliphatic carbocycles. The lowest BCUT2D eigenvalue weighted by atomic mass is 9.96. The van der Waals surface area contributed by atoms with Gasteiger partial charge in [0.05, 0.1) is 4.92 Å². The van der Waals surface area contributed by atoms with Gasteiger partial charge in [0.1, 0.15) is 5.56 Å². The van der Waals surface area contributed by atoms with Gasteiger partial charge in [-0.15, -0.1) is 24.2 Å². The number of halogens is 1. The number of likely N-dealkylation sites (tertiary alicyclic amines) is 1. The van der Waals surface area contributed by atoms with E-state index in [1.54, 1.807) is 17.0 Å². The van der Waals surface area contributed by atoms with E-state index in [-0.39, 0.29) is 29.6 Å². The second-order valence-corrected chi connectivity index (χ2v) is 6.31. The Hall–Kier alpha value is -1.31. The summed E-state index contributed by atoms with van der Waals surface area (Å²) in [5, 5.41) is 14.3. The van der Waals surface area contributed by atoms with Crippen molar-refractivity contribution in [3.8, 4) is 0 Å². The predicted molar refractivity (Wildman–Crippen MR) is 94.7 cm³/mol. The number of nitrogens with one attached hydrogen (secondary N) is 1. The summed E-state index contributed by atoms with van der Waals surface area (Å²) in [6, 6.07) is 4.73. The molecule has 1 N–H and O–H groups in total. The molecule has 1 saturated heterocycles. The van der Waals surface area contributed by atoms with Crippen molar-refractivity contribution in [2.75, 3.05) is 32.9 Å². The number of amides is 1. The lowest BCUT2D eigenvalue weighted by Gasteiger charge is -2.32. The first-order valence-corrected chi connectivity index (χ1v) is 8.55. The minimum absolute atomic E-state index is 0. The Morgan fingerprint density at radius 2 is 2.09 bits per heavy atom. The summed E-state index contributed by atoms with van der Waals surface area (Å²) in [7, 11) is 1.93. The summed E-state index contributed by atoms with van der Waals surface area (Å²) < 4.78 is 0. The second kappa shape index (κ2) is 9.10. The first-order valence-electron chi connectivity index (χ1n) is 7.33. The Labute approximate surface area is 146 Å². The first kappa shape index (κ1) is 19.7. The highest BCUT2D eigenvalue weighted by atomic mass is 35.5. The molecule has 1 fully saturated rings. The van der Waals surface area contributed by atoms with Gasteiger partial charge in [0.2, 0.25) is 0 Å². The molecule has 0 spiro atoms. The van der Waals surface area contributed by atoms with Gasteiger partial charge in [-0.1, -0.05) is 0 Å². The molecule has 1 aliphatic rings. The van der Waals surface area contributed by atoms with Crippen LogP contribution in [0.5, 0.6) is 0 Å². The van der Waals surface area contributed by atoms with E-state index in [1.807, 2.05) is 13.3 Å². The van der Waals surface area contributed by atoms with Crippen molar-refractivity contribution in [2.24, 2.45) is 5.92 Å². The number of hydrogen-bond donors (Lipinski definition) is 1. The summed E-state index contributed by atoms with van der Waals surface area (Å²) in [4.78, 5) is 25.9. The van der Waals surface area contributed by atoms with Crippen LogP contribution in [0, 0.1) is 16.0 Å². The molecule has 1 aliphatic heterocycles. The number of nitrogens with zero attached hydrogens (tertiary/aromatic N) is 2. The fraction of sp³-hybridized carbons (Fsp3) is 0.533. The minimum atomic E-state index is -0.481. The van der Waals surface area contributed by atoms with E-state index in [1.165, 1.54) is 17.8 Å². The Balaban J connectivity index is 0.00000264. The molecule has 1 aromatic carbocycles. The molecule has 23 heavy (non-hydrogen) atoms. The number of thioether (sulfide) groups is 1. The van der Waals surface area contributed by atoms with Gasteiger partial charge in [-0.05, 0) is 50.7 Å². The van der Waals surface area contributed by atoms with Gasteiger partial charge < -0.3 is 10.2 Å². The van der Waals surface area contributed by atoms with E-state index < -0.39 is 4.92 Å². The molecule has 2 rings (SSSR count). The van der Waals surface area contributed by atoms with Crippen LogP contribution in [-0.4, -0.2) is 48.7 Å². The van der Waals surface area contributed by atoms with E-state index in [2.05, 4.69) is 5.32 Å². The number of nitro benzene ring substituents is 1. The zero-order valence-corrected chi connectivity index (χ0v) is 14.9. The van der Waals surface area contributed by atoms with Gasteiger partial charge in [-0.25, -0.2) is 0 Å². The van der Waals surface area contributed by atoms with Crippen molar-refractivity contribution in [3.05, 3.63) is 33.9 Å². The normalized spacial score (nSPS) is 15.1. The maximum Gasteiger partial charge on any atom is 0.282 e. The summed E-state index contributed by atoms with van der Waals surface area (Å²) >= 11 is 1.47. The monoisotopic (exact) mass is 359 g/mol. The van der Waals surface area contributed by atoms with Gasteiger partial charge in [0, 0.05) is 24.1 Å². The topological polar surface area (TPSA) is 75.5 Å². The molecule has 0 atom stereocenters.